The van der Waals surface area contributed by atoms with Crippen LogP contribution in [0.5, 0.6) is 0 Å². The van der Waals surface area contributed by atoms with Crippen molar-refractivity contribution >= 4 is 0 Å². The minimum atomic E-state index is -0.472. The topological polar surface area (TPSA) is 33.4 Å². The van der Waals surface area contributed by atoms with Gasteiger partial charge in [0.05, 0.1) is 6.26 Å². The molecule has 1 atom stereocenters. The second-order valence-electron chi connectivity index (χ2n) is 4.30. The van der Waals surface area contributed by atoms with Gasteiger partial charge in [0.15, 0.2) is 0 Å². The second kappa shape index (κ2) is 3.31. The van der Waals surface area contributed by atoms with Crippen LogP contribution in [0.2, 0.25) is 0 Å². The maximum atomic E-state index is 9.65. The van der Waals surface area contributed by atoms with E-state index in [-0.39, 0.29) is 5.41 Å². The fraction of sp³-hybridized carbons (Fsp3) is 0.600. The lowest BCUT2D eigenvalue weighted by molar-refractivity contribution is 0.101. The minimum absolute atomic E-state index is 0.131. The third-order valence-corrected chi connectivity index (χ3v) is 1.68. The molecule has 12 heavy (non-hydrogen) atoms. The Morgan fingerprint density at radius 2 is 2.17 bits per heavy atom. The first-order chi connectivity index (χ1) is 5.49. The lowest BCUT2D eigenvalue weighted by Gasteiger charge is -2.20. The third-order valence-electron chi connectivity index (χ3n) is 1.68. The Morgan fingerprint density at radius 1 is 1.50 bits per heavy atom. The summed E-state index contributed by atoms with van der Waals surface area (Å²) in [6.45, 7) is 6.29. The Morgan fingerprint density at radius 3 is 2.58 bits per heavy atom. The Labute approximate surface area is 73.2 Å². The lowest BCUT2D eigenvalue weighted by Crippen LogP contribution is -2.10. The van der Waals surface area contributed by atoms with Gasteiger partial charge in [-0.25, -0.2) is 0 Å². The van der Waals surface area contributed by atoms with E-state index in [2.05, 4.69) is 20.8 Å². The lowest BCUT2D eigenvalue weighted by atomic mass is 9.88. The fourth-order valence-electron chi connectivity index (χ4n) is 1.16. The minimum Gasteiger partial charge on any atom is -0.467 e. The first-order valence-corrected chi connectivity index (χ1v) is 4.20. The summed E-state index contributed by atoms with van der Waals surface area (Å²) in [5.74, 6) is 0.657. The average Bonchev–Trinajstić information content (AvgIpc) is 2.32. The molecule has 0 spiro atoms. The quantitative estimate of drug-likeness (QED) is 0.736. The highest BCUT2D eigenvalue weighted by atomic mass is 16.4. The van der Waals surface area contributed by atoms with Crippen molar-refractivity contribution in [2.45, 2.75) is 33.3 Å². The van der Waals surface area contributed by atoms with Gasteiger partial charge in [-0.3, -0.25) is 0 Å². The average molecular weight is 168 g/mol. The standard InChI is InChI=1S/C10H16O2/c1-10(2,3)7-8(11)9-5-4-6-12-9/h4-6,8,11H,7H2,1-3H3/t8-/m1/s1. The van der Waals surface area contributed by atoms with Crippen molar-refractivity contribution in [1.82, 2.24) is 0 Å². The van der Waals surface area contributed by atoms with E-state index < -0.39 is 6.10 Å². The zero-order valence-corrected chi connectivity index (χ0v) is 7.87. The monoisotopic (exact) mass is 168 g/mol. The van der Waals surface area contributed by atoms with E-state index >= 15 is 0 Å². The van der Waals surface area contributed by atoms with Crippen LogP contribution in [0.3, 0.4) is 0 Å². The van der Waals surface area contributed by atoms with E-state index in [1.54, 1.807) is 18.4 Å². The van der Waals surface area contributed by atoms with Crippen LogP contribution >= 0.6 is 0 Å². The molecule has 0 amide bonds. The van der Waals surface area contributed by atoms with Gasteiger partial charge in [0.25, 0.3) is 0 Å². The molecule has 68 valence electrons. The van der Waals surface area contributed by atoms with Crippen LogP contribution in [0.25, 0.3) is 0 Å². The first-order valence-electron chi connectivity index (χ1n) is 4.20. The summed E-state index contributed by atoms with van der Waals surface area (Å²) < 4.78 is 5.09. The predicted octanol–water partition coefficient (Wildman–Crippen LogP) is 2.75. The SMILES string of the molecule is CC(C)(C)C[C@@H](O)c1ccco1. The largest absolute Gasteiger partial charge is 0.467 e. The molecule has 2 nitrogen and oxygen atoms in total. The summed E-state index contributed by atoms with van der Waals surface area (Å²) in [5, 5.41) is 9.65. The van der Waals surface area contributed by atoms with Crippen LogP contribution in [0.1, 0.15) is 39.1 Å². The first kappa shape index (κ1) is 9.33. The number of hydrogen-bond acceptors (Lipinski definition) is 2. The van der Waals surface area contributed by atoms with E-state index in [1.807, 2.05) is 0 Å². The molecule has 0 aliphatic carbocycles. The summed E-state index contributed by atoms with van der Waals surface area (Å²) in [6.07, 6.45) is 1.84. The van der Waals surface area contributed by atoms with Gasteiger partial charge in [-0.1, -0.05) is 20.8 Å². The van der Waals surface area contributed by atoms with Gasteiger partial charge in [0.2, 0.25) is 0 Å². The predicted molar refractivity (Wildman–Crippen MR) is 47.7 cm³/mol. The van der Waals surface area contributed by atoms with E-state index in [1.165, 1.54) is 0 Å². The number of hydrogen-bond donors (Lipinski definition) is 1. The van der Waals surface area contributed by atoms with Crippen LogP contribution in [0, 0.1) is 5.41 Å². The van der Waals surface area contributed by atoms with Crippen molar-refractivity contribution in [3.8, 4) is 0 Å². The van der Waals surface area contributed by atoms with Gasteiger partial charge in [-0.15, -0.1) is 0 Å². The number of aliphatic hydroxyl groups is 1. The molecule has 0 aromatic carbocycles. The molecule has 0 bridgehead atoms. The van der Waals surface area contributed by atoms with Crippen molar-refractivity contribution in [3.05, 3.63) is 24.2 Å². The maximum Gasteiger partial charge on any atom is 0.132 e. The zero-order chi connectivity index (χ0) is 9.19. The number of rotatable bonds is 2. The molecule has 0 saturated heterocycles. The van der Waals surface area contributed by atoms with E-state index in [4.69, 9.17) is 4.42 Å². The molecule has 2 heteroatoms. The molecule has 0 radical (unpaired) electrons. The van der Waals surface area contributed by atoms with Gasteiger partial charge in [0, 0.05) is 0 Å². The Balaban J connectivity index is 2.56. The molecule has 1 aromatic heterocycles. The van der Waals surface area contributed by atoms with Crippen LogP contribution in [-0.2, 0) is 0 Å². The molecule has 0 fully saturated rings. The third kappa shape index (κ3) is 2.70. The number of aliphatic hydroxyl groups excluding tert-OH is 1. The maximum absolute atomic E-state index is 9.65. The molecule has 1 N–H and O–H groups in total. The van der Waals surface area contributed by atoms with Crippen LogP contribution in [0.4, 0.5) is 0 Å². The molecule has 0 saturated carbocycles. The van der Waals surface area contributed by atoms with Crippen molar-refractivity contribution in [1.29, 1.82) is 0 Å². The van der Waals surface area contributed by atoms with Crippen LogP contribution < -0.4 is 0 Å². The Hall–Kier alpha value is -0.760. The zero-order valence-electron chi connectivity index (χ0n) is 7.87. The molecule has 1 rings (SSSR count). The Kier molecular flexibility index (Phi) is 2.58. The smallest absolute Gasteiger partial charge is 0.132 e. The molecular formula is C10H16O2. The van der Waals surface area contributed by atoms with Gasteiger partial charge < -0.3 is 9.52 Å². The highest BCUT2D eigenvalue weighted by Crippen LogP contribution is 2.29. The summed E-state index contributed by atoms with van der Waals surface area (Å²) in [7, 11) is 0. The van der Waals surface area contributed by atoms with E-state index in [0.29, 0.717) is 5.76 Å². The van der Waals surface area contributed by atoms with Gasteiger partial charge >= 0.3 is 0 Å². The summed E-state index contributed by atoms with van der Waals surface area (Å²) in [6, 6.07) is 3.59. The second-order valence-corrected chi connectivity index (χ2v) is 4.30. The van der Waals surface area contributed by atoms with E-state index in [9.17, 15) is 5.11 Å². The van der Waals surface area contributed by atoms with Crippen molar-refractivity contribution in [2.75, 3.05) is 0 Å². The van der Waals surface area contributed by atoms with Crippen molar-refractivity contribution < 1.29 is 9.52 Å². The fourth-order valence-corrected chi connectivity index (χ4v) is 1.16. The molecule has 0 aliphatic rings. The summed E-state index contributed by atoms with van der Waals surface area (Å²) >= 11 is 0. The van der Waals surface area contributed by atoms with Crippen LogP contribution in [-0.4, -0.2) is 5.11 Å². The highest BCUT2D eigenvalue weighted by Gasteiger charge is 2.19. The molecular weight excluding hydrogens is 152 g/mol. The number of furan rings is 1. The van der Waals surface area contributed by atoms with Gasteiger partial charge in [-0.05, 0) is 24.0 Å². The highest BCUT2D eigenvalue weighted by molar-refractivity contribution is 5.02. The summed E-state index contributed by atoms with van der Waals surface area (Å²) in [5.41, 5.74) is 0.131. The van der Waals surface area contributed by atoms with E-state index in [0.717, 1.165) is 6.42 Å². The van der Waals surface area contributed by atoms with Crippen molar-refractivity contribution in [2.24, 2.45) is 5.41 Å². The molecule has 1 aromatic rings. The molecule has 0 unspecified atom stereocenters. The van der Waals surface area contributed by atoms with Crippen molar-refractivity contribution in [3.63, 3.8) is 0 Å². The molecule has 0 aliphatic heterocycles. The van der Waals surface area contributed by atoms with Gasteiger partial charge in [0.1, 0.15) is 11.9 Å². The normalized spacial score (nSPS) is 14.7. The molecule has 1 heterocycles. The van der Waals surface area contributed by atoms with Crippen LogP contribution in [0.15, 0.2) is 22.8 Å². The van der Waals surface area contributed by atoms with Gasteiger partial charge in [-0.2, -0.15) is 0 Å². The summed E-state index contributed by atoms with van der Waals surface area (Å²) in [4.78, 5) is 0. The Bertz CT molecular complexity index is 218.